The number of aryl methyl sites for hydroxylation is 1. The van der Waals surface area contributed by atoms with Gasteiger partial charge in [0, 0.05) is 5.41 Å². The molecule has 0 spiro atoms. The van der Waals surface area contributed by atoms with Crippen LogP contribution < -0.4 is 0 Å². The van der Waals surface area contributed by atoms with E-state index in [0.717, 1.165) is 19.3 Å². The quantitative estimate of drug-likeness (QED) is 0.713. The molecule has 4 rings (SSSR count). The zero-order chi connectivity index (χ0) is 18.7. The van der Waals surface area contributed by atoms with Crippen molar-refractivity contribution in [1.82, 2.24) is 0 Å². The van der Waals surface area contributed by atoms with E-state index in [1.54, 1.807) is 6.07 Å². The molecule has 1 aromatic carbocycles. The Labute approximate surface area is 154 Å². The van der Waals surface area contributed by atoms with Crippen LogP contribution in [0.25, 0.3) is 0 Å². The summed E-state index contributed by atoms with van der Waals surface area (Å²) in [5.74, 6) is 1.31. The topological polar surface area (TPSA) is 84.5 Å². The number of aliphatic hydroxyl groups is 2. The van der Waals surface area contributed by atoms with E-state index < -0.39 is 17.1 Å². The molecule has 138 valence electrons. The SMILES string of the molecule is C=C[C@H]1C[C@@]2(C)[C@@H](C[C@@H](O)[C@@]2(O)CC#N)[C@@H]2CCc3cc(O)ccc3[C@H]21. The highest BCUT2D eigenvalue weighted by atomic mass is 16.3. The van der Waals surface area contributed by atoms with Crippen molar-refractivity contribution < 1.29 is 15.3 Å². The second kappa shape index (κ2) is 5.84. The summed E-state index contributed by atoms with van der Waals surface area (Å²) in [6, 6.07) is 7.76. The van der Waals surface area contributed by atoms with Crippen molar-refractivity contribution in [2.75, 3.05) is 0 Å². The maximum Gasteiger partial charge on any atom is 0.115 e. The molecule has 26 heavy (non-hydrogen) atoms. The van der Waals surface area contributed by atoms with Crippen molar-refractivity contribution >= 4 is 0 Å². The number of aliphatic hydroxyl groups excluding tert-OH is 1. The number of rotatable bonds is 2. The summed E-state index contributed by atoms with van der Waals surface area (Å²) in [5.41, 5.74) is 0.633. The molecule has 0 aliphatic heterocycles. The van der Waals surface area contributed by atoms with Crippen LogP contribution in [0, 0.1) is 34.5 Å². The molecule has 0 bridgehead atoms. The summed E-state index contributed by atoms with van der Waals surface area (Å²) in [6.07, 6.45) is 4.23. The van der Waals surface area contributed by atoms with Gasteiger partial charge >= 0.3 is 0 Å². The molecule has 2 saturated carbocycles. The van der Waals surface area contributed by atoms with Gasteiger partial charge in [-0.2, -0.15) is 5.26 Å². The largest absolute Gasteiger partial charge is 0.508 e. The molecule has 4 heteroatoms. The fraction of sp³-hybridized carbons (Fsp3) is 0.591. The first-order chi connectivity index (χ1) is 12.4. The predicted octanol–water partition coefficient (Wildman–Crippen LogP) is 3.28. The molecule has 0 aromatic heterocycles. The van der Waals surface area contributed by atoms with E-state index in [4.69, 9.17) is 0 Å². The zero-order valence-electron chi connectivity index (χ0n) is 15.2. The van der Waals surface area contributed by atoms with Crippen LogP contribution >= 0.6 is 0 Å². The van der Waals surface area contributed by atoms with Crippen molar-refractivity contribution in [1.29, 1.82) is 5.26 Å². The summed E-state index contributed by atoms with van der Waals surface area (Å²) in [7, 11) is 0. The van der Waals surface area contributed by atoms with Gasteiger partial charge in [0.25, 0.3) is 0 Å². The Morgan fingerprint density at radius 3 is 2.88 bits per heavy atom. The standard InChI is InChI=1S/C22H27NO3/c1-3-13-12-21(2)18(11-19(25)22(21,26)8-9-23)17-6-4-14-10-15(24)5-7-16(14)20(13)17/h3,5,7,10,13,17-20,24-26H,1,4,6,8,11-12H2,2H3/t13-,17-,18-,19+,20+,21-,22-/m0/s1. The molecule has 4 nitrogen and oxygen atoms in total. The van der Waals surface area contributed by atoms with Crippen LogP contribution in [0.1, 0.15) is 49.7 Å². The van der Waals surface area contributed by atoms with E-state index in [-0.39, 0.29) is 18.3 Å². The third kappa shape index (κ3) is 2.14. The van der Waals surface area contributed by atoms with E-state index in [1.165, 1.54) is 11.1 Å². The van der Waals surface area contributed by atoms with Gasteiger partial charge in [0.2, 0.25) is 0 Å². The normalized spacial score (nSPS) is 43.7. The first kappa shape index (κ1) is 17.6. The van der Waals surface area contributed by atoms with Gasteiger partial charge in [0.05, 0.1) is 18.6 Å². The summed E-state index contributed by atoms with van der Waals surface area (Å²) >= 11 is 0. The Balaban J connectivity index is 1.80. The maximum absolute atomic E-state index is 11.3. The van der Waals surface area contributed by atoms with E-state index in [2.05, 4.69) is 19.6 Å². The van der Waals surface area contributed by atoms with E-state index in [1.807, 2.05) is 18.2 Å². The Hall–Kier alpha value is -1.83. The van der Waals surface area contributed by atoms with Gasteiger partial charge in [0.15, 0.2) is 0 Å². The Bertz CT molecular complexity index is 784. The number of hydrogen-bond donors (Lipinski definition) is 3. The predicted molar refractivity (Wildman–Crippen MR) is 98.4 cm³/mol. The van der Waals surface area contributed by atoms with Crippen LogP contribution in [0.2, 0.25) is 0 Å². The number of hydrogen-bond acceptors (Lipinski definition) is 4. The number of phenols is 1. The third-order valence-corrected chi connectivity index (χ3v) is 7.82. The van der Waals surface area contributed by atoms with Crippen molar-refractivity contribution in [3.63, 3.8) is 0 Å². The molecular weight excluding hydrogens is 326 g/mol. The lowest BCUT2D eigenvalue weighted by Gasteiger charge is -2.55. The molecule has 2 fully saturated rings. The Morgan fingerprint density at radius 2 is 2.19 bits per heavy atom. The number of nitrogens with zero attached hydrogens (tertiary/aromatic N) is 1. The number of fused-ring (bicyclic) bond motifs is 5. The summed E-state index contributed by atoms with van der Waals surface area (Å²) in [4.78, 5) is 0. The number of phenolic OH excluding ortho intramolecular Hbond substituents is 1. The molecule has 3 N–H and O–H groups in total. The second-order valence-electron chi connectivity index (χ2n) is 8.75. The lowest BCUT2D eigenvalue weighted by Crippen LogP contribution is -2.55. The van der Waals surface area contributed by atoms with Gasteiger partial charge in [0.1, 0.15) is 11.4 Å². The molecule has 0 unspecified atom stereocenters. The van der Waals surface area contributed by atoms with E-state index >= 15 is 0 Å². The minimum Gasteiger partial charge on any atom is -0.508 e. The minimum atomic E-state index is -1.35. The Kier molecular flexibility index (Phi) is 3.95. The molecule has 0 saturated heterocycles. The third-order valence-electron chi connectivity index (χ3n) is 7.82. The van der Waals surface area contributed by atoms with Gasteiger partial charge in [-0.3, -0.25) is 0 Å². The van der Waals surface area contributed by atoms with E-state index in [9.17, 15) is 20.6 Å². The average Bonchev–Trinajstić information content (AvgIpc) is 2.81. The minimum absolute atomic E-state index is 0.0348. The smallest absolute Gasteiger partial charge is 0.115 e. The summed E-state index contributed by atoms with van der Waals surface area (Å²) in [6.45, 7) is 6.13. The van der Waals surface area contributed by atoms with Crippen LogP contribution in [0.5, 0.6) is 5.75 Å². The average molecular weight is 353 g/mol. The molecule has 1 aromatic rings. The Morgan fingerprint density at radius 1 is 1.42 bits per heavy atom. The van der Waals surface area contributed by atoms with Gasteiger partial charge in [-0.15, -0.1) is 6.58 Å². The van der Waals surface area contributed by atoms with Gasteiger partial charge in [-0.05, 0) is 72.6 Å². The number of aromatic hydroxyl groups is 1. The zero-order valence-corrected chi connectivity index (χ0v) is 15.2. The molecule has 3 aliphatic rings. The molecule has 3 aliphatic carbocycles. The monoisotopic (exact) mass is 353 g/mol. The first-order valence-corrected chi connectivity index (χ1v) is 9.57. The van der Waals surface area contributed by atoms with Crippen LogP contribution in [0.15, 0.2) is 30.9 Å². The number of benzene rings is 1. The maximum atomic E-state index is 11.3. The molecule has 0 heterocycles. The van der Waals surface area contributed by atoms with E-state index in [0.29, 0.717) is 24.0 Å². The van der Waals surface area contributed by atoms with Gasteiger partial charge in [-0.1, -0.05) is 19.1 Å². The van der Waals surface area contributed by atoms with Crippen LogP contribution in [-0.4, -0.2) is 27.0 Å². The summed E-state index contributed by atoms with van der Waals surface area (Å²) < 4.78 is 0. The number of nitriles is 1. The van der Waals surface area contributed by atoms with Crippen LogP contribution in [-0.2, 0) is 6.42 Å². The van der Waals surface area contributed by atoms with Crippen LogP contribution in [0.3, 0.4) is 0 Å². The van der Waals surface area contributed by atoms with Crippen molar-refractivity contribution in [2.24, 2.45) is 23.2 Å². The van der Waals surface area contributed by atoms with Crippen molar-refractivity contribution in [3.8, 4) is 11.8 Å². The van der Waals surface area contributed by atoms with Gasteiger partial charge in [-0.25, -0.2) is 0 Å². The first-order valence-electron chi connectivity index (χ1n) is 9.57. The fourth-order valence-corrected chi connectivity index (χ4v) is 6.53. The highest BCUT2D eigenvalue weighted by Gasteiger charge is 2.66. The second-order valence-corrected chi connectivity index (χ2v) is 8.75. The lowest BCUT2D eigenvalue weighted by atomic mass is 9.49. The fourth-order valence-electron chi connectivity index (χ4n) is 6.53. The van der Waals surface area contributed by atoms with Crippen LogP contribution in [0.4, 0.5) is 0 Å². The lowest BCUT2D eigenvalue weighted by molar-refractivity contribution is -0.144. The van der Waals surface area contributed by atoms with Crippen molar-refractivity contribution in [3.05, 3.63) is 42.0 Å². The molecule has 7 atom stereocenters. The highest BCUT2D eigenvalue weighted by molar-refractivity contribution is 5.41. The molecule has 0 radical (unpaired) electrons. The molecule has 0 amide bonds. The summed E-state index contributed by atoms with van der Waals surface area (Å²) in [5, 5.41) is 41.1. The highest BCUT2D eigenvalue weighted by Crippen LogP contribution is 2.66. The van der Waals surface area contributed by atoms with Crippen molar-refractivity contribution in [2.45, 2.75) is 56.7 Å². The number of allylic oxidation sites excluding steroid dienone is 1. The molecular formula is C22H27NO3. The van der Waals surface area contributed by atoms with Gasteiger partial charge < -0.3 is 15.3 Å².